The third-order valence-electron chi connectivity index (χ3n) is 8.33. The standard InChI is InChI=1S/C30H33N5O2/c1-20-26-18-33-28(34-29(36)27-15-30(27)10-3-11-35(2)19-30)14-25(26)23(17-31-20)5-7-24-6-4-22(16-32-24)21-8-12-37-13-9-21/h4,6,14,16-18,21,27H,3,8-13,15,19H2,1-2H3,(H,33,34,36). The molecule has 3 aromatic heterocycles. The van der Waals surface area contributed by atoms with Crippen molar-refractivity contribution in [1.29, 1.82) is 0 Å². The fraction of sp³-hybridized carbons (Fsp3) is 0.467. The molecule has 1 aliphatic carbocycles. The Balaban J connectivity index is 1.21. The largest absolute Gasteiger partial charge is 0.381 e. The number of rotatable bonds is 3. The van der Waals surface area contributed by atoms with Gasteiger partial charge in [0, 0.05) is 60.7 Å². The van der Waals surface area contributed by atoms with E-state index in [9.17, 15) is 4.79 Å². The van der Waals surface area contributed by atoms with Crippen LogP contribution in [0.5, 0.6) is 0 Å². The molecule has 7 nitrogen and oxygen atoms in total. The van der Waals surface area contributed by atoms with Gasteiger partial charge in [-0.25, -0.2) is 9.97 Å². The highest BCUT2D eigenvalue weighted by molar-refractivity contribution is 5.97. The van der Waals surface area contributed by atoms with Crippen molar-refractivity contribution in [2.45, 2.75) is 44.9 Å². The van der Waals surface area contributed by atoms with E-state index in [0.717, 1.165) is 86.1 Å². The second-order valence-electron chi connectivity index (χ2n) is 10.9. The molecular formula is C30H33N5O2. The number of aryl methyl sites for hydroxylation is 1. The number of aromatic nitrogens is 3. The molecule has 0 aromatic carbocycles. The minimum absolute atomic E-state index is 0.0707. The number of nitrogens with zero attached hydrogens (tertiary/aromatic N) is 4. The van der Waals surface area contributed by atoms with E-state index in [1.165, 1.54) is 5.56 Å². The summed E-state index contributed by atoms with van der Waals surface area (Å²) in [7, 11) is 2.15. The molecule has 5 heterocycles. The number of carbonyl (C=O) groups excluding carboxylic acids is 1. The first-order chi connectivity index (χ1) is 18.0. The van der Waals surface area contributed by atoms with Crippen molar-refractivity contribution in [3.63, 3.8) is 0 Å². The summed E-state index contributed by atoms with van der Waals surface area (Å²) >= 11 is 0. The Kier molecular flexibility index (Phi) is 6.39. The van der Waals surface area contributed by atoms with Crippen molar-refractivity contribution in [2.75, 3.05) is 38.7 Å². The minimum atomic E-state index is 0.0707. The lowest BCUT2D eigenvalue weighted by Crippen LogP contribution is -2.35. The summed E-state index contributed by atoms with van der Waals surface area (Å²) in [4.78, 5) is 29.1. The van der Waals surface area contributed by atoms with Crippen LogP contribution in [0.4, 0.5) is 5.82 Å². The molecule has 37 heavy (non-hydrogen) atoms. The molecule has 1 spiro atoms. The van der Waals surface area contributed by atoms with Gasteiger partial charge < -0.3 is 15.0 Å². The number of piperidine rings is 1. The number of likely N-dealkylation sites (tertiary alicyclic amines) is 1. The Hall–Kier alpha value is -3.34. The highest BCUT2D eigenvalue weighted by Crippen LogP contribution is 2.58. The Bertz CT molecular complexity index is 1390. The highest BCUT2D eigenvalue weighted by atomic mass is 16.5. The first-order valence-corrected chi connectivity index (χ1v) is 13.3. The predicted octanol–water partition coefficient (Wildman–Crippen LogP) is 4.30. The summed E-state index contributed by atoms with van der Waals surface area (Å²) < 4.78 is 5.47. The first kappa shape index (κ1) is 24.0. The van der Waals surface area contributed by atoms with Crippen molar-refractivity contribution >= 4 is 22.5 Å². The van der Waals surface area contributed by atoms with Crippen molar-refractivity contribution in [1.82, 2.24) is 19.9 Å². The number of ether oxygens (including phenoxy) is 1. The van der Waals surface area contributed by atoms with Crippen molar-refractivity contribution in [2.24, 2.45) is 11.3 Å². The van der Waals surface area contributed by atoms with Gasteiger partial charge in [-0.15, -0.1) is 0 Å². The average Bonchev–Trinajstić information content (AvgIpc) is 3.61. The van der Waals surface area contributed by atoms with Crippen LogP contribution >= 0.6 is 0 Å². The summed E-state index contributed by atoms with van der Waals surface area (Å²) in [6, 6.07) is 6.05. The fourth-order valence-electron chi connectivity index (χ4n) is 6.10. The van der Waals surface area contributed by atoms with Crippen LogP contribution in [0.1, 0.15) is 60.5 Å². The molecule has 1 saturated carbocycles. The lowest BCUT2D eigenvalue weighted by molar-refractivity contribution is -0.118. The maximum absolute atomic E-state index is 13.1. The SMILES string of the molecule is Cc1ncc(C#Cc2ccc(C3CCOCC3)cn2)c2cc(NC(=O)C3CC34CCCN(C)C4)ncc12. The third kappa shape index (κ3) is 4.96. The van der Waals surface area contributed by atoms with Crippen LogP contribution in [-0.4, -0.2) is 59.1 Å². The molecule has 1 N–H and O–H groups in total. The smallest absolute Gasteiger partial charge is 0.229 e. The fourth-order valence-corrected chi connectivity index (χ4v) is 6.10. The van der Waals surface area contributed by atoms with Crippen LogP contribution in [0, 0.1) is 30.1 Å². The molecule has 3 fully saturated rings. The predicted molar refractivity (Wildman–Crippen MR) is 143 cm³/mol. The maximum Gasteiger partial charge on any atom is 0.229 e. The first-order valence-electron chi connectivity index (χ1n) is 13.3. The Morgan fingerprint density at radius 3 is 2.76 bits per heavy atom. The monoisotopic (exact) mass is 495 g/mol. The van der Waals surface area contributed by atoms with Gasteiger partial charge in [-0.2, -0.15) is 0 Å². The zero-order valence-corrected chi connectivity index (χ0v) is 21.6. The van der Waals surface area contributed by atoms with Crippen LogP contribution in [0.15, 0.2) is 36.8 Å². The van der Waals surface area contributed by atoms with Gasteiger partial charge in [-0.1, -0.05) is 12.0 Å². The number of amides is 1. The zero-order chi connectivity index (χ0) is 25.4. The molecule has 7 heteroatoms. The molecular weight excluding hydrogens is 462 g/mol. The number of pyridine rings is 3. The van der Waals surface area contributed by atoms with Crippen LogP contribution in [0.25, 0.3) is 10.8 Å². The average molecular weight is 496 g/mol. The van der Waals surface area contributed by atoms with Gasteiger partial charge >= 0.3 is 0 Å². The van der Waals surface area contributed by atoms with Gasteiger partial charge in [0.05, 0.1) is 5.56 Å². The van der Waals surface area contributed by atoms with Crippen molar-refractivity contribution < 1.29 is 9.53 Å². The van der Waals surface area contributed by atoms with Gasteiger partial charge in [0.15, 0.2) is 0 Å². The molecule has 3 aromatic rings. The van der Waals surface area contributed by atoms with Crippen LogP contribution in [-0.2, 0) is 9.53 Å². The number of fused-ring (bicyclic) bond motifs is 1. The van der Waals surface area contributed by atoms with E-state index < -0.39 is 0 Å². The number of hydrogen-bond donors (Lipinski definition) is 1. The van der Waals surface area contributed by atoms with Gasteiger partial charge in [-0.05, 0) is 87.6 Å². The van der Waals surface area contributed by atoms with E-state index in [2.05, 4.69) is 50.1 Å². The molecule has 0 radical (unpaired) electrons. The van der Waals surface area contributed by atoms with E-state index in [1.54, 1.807) is 12.4 Å². The van der Waals surface area contributed by atoms with Gasteiger partial charge in [-0.3, -0.25) is 9.78 Å². The highest BCUT2D eigenvalue weighted by Gasteiger charge is 2.58. The molecule has 1 amide bonds. The van der Waals surface area contributed by atoms with E-state index in [1.807, 2.05) is 25.3 Å². The number of anilines is 1. The Labute approximate surface area is 218 Å². The molecule has 2 unspecified atom stereocenters. The molecule has 6 rings (SSSR count). The number of hydrogen-bond acceptors (Lipinski definition) is 6. The molecule has 0 bridgehead atoms. The molecule has 190 valence electrons. The quantitative estimate of drug-likeness (QED) is 0.546. The van der Waals surface area contributed by atoms with E-state index >= 15 is 0 Å². The normalized spacial score (nSPS) is 24.0. The maximum atomic E-state index is 13.1. The molecule has 2 atom stereocenters. The van der Waals surface area contributed by atoms with Crippen molar-refractivity contribution in [3.05, 3.63) is 59.3 Å². The second kappa shape index (κ2) is 9.85. The Morgan fingerprint density at radius 2 is 1.97 bits per heavy atom. The molecule has 3 aliphatic rings. The summed E-state index contributed by atoms with van der Waals surface area (Å²) in [5.41, 5.74) is 3.81. The summed E-state index contributed by atoms with van der Waals surface area (Å²) in [5, 5.41) is 4.95. The van der Waals surface area contributed by atoms with Crippen molar-refractivity contribution in [3.8, 4) is 11.8 Å². The Morgan fingerprint density at radius 1 is 1.11 bits per heavy atom. The lowest BCUT2D eigenvalue weighted by atomic mass is 9.92. The van der Waals surface area contributed by atoms with Gasteiger partial charge in [0.25, 0.3) is 0 Å². The van der Waals surface area contributed by atoms with E-state index in [4.69, 9.17) is 4.74 Å². The number of nitrogens with one attached hydrogen (secondary N) is 1. The molecule has 2 aliphatic heterocycles. The number of carbonyl (C=O) groups is 1. The molecule has 2 saturated heterocycles. The lowest BCUT2D eigenvalue weighted by Gasteiger charge is -2.30. The second-order valence-corrected chi connectivity index (χ2v) is 10.9. The summed E-state index contributed by atoms with van der Waals surface area (Å²) in [6.45, 7) is 5.72. The summed E-state index contributed by atoms with van der Waals surface area (Å²) in [6.07, 6.45) is 10.9. The van der Waals surface area contributed by atoms with Gasteiger partial charge in [0.2, 0.25) is 5.91 Å². The van der Waals surface area contributed by atoms with Crippen LogP contribution in [0.2, 0.25) is 0 Å². The third-order valence-corrected chi connectivity index (χ3v) is 8.33. The van der Waals surface area contributed by atoms with Gasteiger partial charge in [0.1, 0.15) is 11.5 Å². The van der Waals surface area contributed by atoms with Crippen LogP contribution in [0.3, 0.4) is 0 Å². The zero-order valence-electron chi connectivity index (χ0n) is 21.6. The minimum Gasteiger partial charge on any atom is -0.381 e. The van der Waals surface area contributed by atoms with Crippen LogP contribution < -0.4 is 5.32 Å². The summed E-state index contributed by atoms with van der Waals surface area (Å²) in [5.74, 6) is 7.68. The van der Waals surface area contributed by atoms with E-state index in [-0.39, 0.29) is 17.2 Å². The van der Waals surface area contributed by atoms with E-state index in [0.29, 0.717) is 11.7 Å². The topological polar surface area (TPSA) is 80.2 Å².